The van der Waals surface area contributed by atoms with Gasteiger partial charge in [0.25, 0.3) is 0 Å². The zero-order valence-corrected chi connectivity index (χ0v) is 15.9. The van der Waals surface area contributed by atoms with E-state index >= 15 is 0 Å². The van der Waals surface area contributed by atoms with Crippen LogP contribution in [0.15, 0.2) is 47.8 Å². The Balaban J connectivity index is 2.02. The van der Waals surface area contributed by atoms with Crippen LogP contribution in [0.25, 0.3) is 12.2 Å². The Bertz CT molecular complexity index is 777. The summed E-state index contributed by atoms with van der Waals surface area (Å²) in [6.45, 7) is 6.81. The maximum absolute atomic E-state index is 13.1. The predicted octanol–water partition coefficient (Wildman–Crippen LogP) is 4.86. The summed E-state index contributed by atoms with van der Waals surface area (Å²) in [5, 5.41) is 0. The van der Waals surface area contributed by atoms with Crippen molar-refractivity contribution in [3.8, 4) is 0 Å². The highest BCUT2D eigenvalue weighted by Gasteiger charge is 2.34. The number of carbonyl (C=O) groups excluding carboxylic acids is 1. The van der Waals surface area contributed by atoms with E-state index in [9.17, 15) is 4.79 Å². The van der Waals surface area contributed by atoms with Crippen LogP contribution in [0.5, 0.6) is 0 Å². The van der Waals surface area contributed by atoms with E-state index in [1.54, 1.807) is 0 Å². The lowest BCUT2D eigenvalue weighted by molar-refractivity contribution is -0.113. The Labute approximate surface area is 150 Å². The van der Waals surface area contributed by atoms with Crippen LogP contribution in [0, 0.1) is 11.3 Å². The topological polar surface area (TPSA) is 26.9 Å². The van der Waals surface area contributed by atoms with Gasteiger partial charge in [-0.2, -0.15) is 0 Å². The van der Waals surface area contributed by atoms with Crippen molar-refractivity contribution in [2.45, 2.75) is 33.6 Å². The first-order chi connectivity index (χ1) is 11.8. The second-order valence-electron chi connectivity index (χ2n) is 8.23. The zero-order chi connectivity index (χ0) is 18.2. The molecule has 3 rings (SSSR count). The average molecular weight is 336 g/mol. The summed E-state index contributed by atoms with van der Waals surface area (Å²) in [7, 11) is 4.03. The zero-order valence-electron chi connectivity index (χ0n) is 15.9. The lowest BCUT2D eigenvalue weighted by Crippen LogP contribution is -2.29. The van der Waals surface area contributed by atoms with Gasteiger partial charge in [0, 0.05) is 49.0 Å². The van der Waals surface area contributed by atoms with Crippen molar-refractivity contribution in [2.75, 3.05) is 0 Å². The van der Waals surface area contributed by atoms with E-state index in [2.05, 4.69) is 54.2 Å². The van der Waals surface area contributed by atoms with Crippen molar-refractivity contribution in [2.24, 2.45) is 25.4 Å². The highest BCUT2D eigenvalue weighted by molar-refractivity contribution is 6.14. The van der Waals surface area contributed by atoms with Gasteiger partial charge in [0.05, 0.1) is 0 Å². The summed E-state index contributed by atoms with van der Waals surface area (Å²) in [6, 6.07) is 8.15. The maximum atomic E-state index is 13.1. The molecule has 2 heterocycles. The third-order valence-electron chi connectivity index (χ3n) is 5.35. The first-order valence-electron chi connectivity index (χ1n) is 8.94. The number of rotatable bonds is 2. The normalized spacial score (nSPS) is 22.1. The van der Waals surface area contributed by atoms with Crippen molar-refractivity contribution < 1.29 is 4.79 Å². The number of allylic oxidation sites excluding steroid dienone is 2. The number of ketones is 1. The van der Waals surface area contributed by atoms with Crippen LogP contribution in [0.4, 0.5) is 0 Å². The van der Waals surface area contributed by atoms with Gasteiger partial charge in [-0.3, -0.25) is 4.79 Å². The number of aromatic nitrogens is 2. The fourth-order valence-electron chi connectivity index (χ4n) is 3.46. The third kappa shape index (κ3) is 3.71. The molecule has 0 bridgehead atoms. The maximum Gasteiger partial charge on any atom is 0.185 e. The second-order valence-corrected chi connectivity index (χ2v) is 8.23. The Morgan fingerprint density at radius 1 is 0.920 bits per heavy atom. The minimum Gasteiger partial charge on any atom is -0.351 e. The molecule has 0 aliphatic heterocycles. The van der Waals surface area contributed by atoms with Gasteiger partial charge in [-0.15, -0.1) is 0 Å². The standard InChI is InChI=1S/C22H28N2O/c1-22(2,3)18-12-16(14-19-8-6-10-23(19)4)21(25)17(13-18)15-20-9-7-11-24(20)5/h6-11,14-15,18H,12-13H2,1-5H3/b16-14+,17-15+. The monoisotopic (exact) mass is 336 g/mol. The van der Waals surface area contributed by atoms with Gasteiger partial charge in [0.1, 0.15) is 0 Å². The second kappa shape index (κ2) is 6.55. The minimum atomic E-state index is 0.168. The number of nitrogens with zero attached hydrogens (tertiary/aromatic N) is 2. The van der Waals surface area contributed by atoms with E-state index in [-0.39, 0.29) is 11.2 Å². The molecule has 132 valence electrons. The molecule has 1 fully saturated rings. The van der Waals surface area contributed by atoms with Gasteiger partial charge in [0.2, 0.25) is 0 Å². The molecule has 0 saturated heterocycles. The van der Waals surface area contributed by atoms with Gasteiger partial charge >= 0.3 is 0 Å². The number of carbonyl (C=O) groups is 1. The van der Waals surface area contributed by atoms with E-state index in [1.807, 2.05) is 38.6 Å². The van der Waals surface area contributed by atoms with Crippen LogP contribution >= 0.6 is 0 Å². The summed E-state index contributed by atoms with van der Waals surface area (Å²) < 4.78 is 4.11. The smallest absolute Gasteiger partial charge is 0.185 e. The van der Waals surface area contributed by atoms with Crippen molar-refractivity contribution in [3.63, 3.8) is 0 Å². The Kier molecular flexibility index (Phi) is 4.59. The number of hydrogen-bond donors (Lipinski definition) is 0. The minimum absolute atomic E-state index is 0.168. The van der Waals surface area contributed by atoms with E-state index < -0.39 is 0 Å². The fraction of sp³-hybridized carbons (Fsp3) is 0.409. The third-order valence-corrected chi connectivity index (χ3v) is 5.35. The van der Waals surface area contributed by atoms with Crippen LogP contribution in [-0.4, -0.2) is 14.9 Å². The average Bonchev–Trinajstić information content (AvgIpc) is 3.11. The molecule has 0 spiro atoms. The van der Waals surface area contributed by atoms with E-state index in [0.29, 0.717) is 5.92 Å². The molecule has 2 aromatic rings. The highest BCUT2D eigenvalue weighted by atomic mass is 16.1. The number of Topliss-reactive ketones (excluding diaryl/α,β-unsaturated/α-hetero) is 1. The lowest BCUT2D eigenvalue weighted by atomic mass is 9.68. The highest BCUT2D eigenvalue weighted by Crippen LogP contribution is 2.41. The van der Waals surface area contributed by atoms with Crippen molar-refractivity contribution in [1.82, 2.24) is 9.13 Å². The molecular formula is C22H28N2O. The van der Waals surface area contributed by atoms with E-state index in [0.717, 1.165) is 35.4 Å². The number of hydrogen-bond acceptors (Lipinski definition) is 1. The summed E-state index contributed by atoms with van der Waals surface area (Å²) in [6.07, 6.45) is 9.86. The van der Waals surface area contributed by atoms with Crippen LogP contribution in [-0.2, 0) is 18.9 Å². The number of aryl methyl sites for hydroxylation is 2. The molecule has 0 amide bonds. The van der Waals surface area contributed by atoms with Crippen molar-refractivity contribution >= 4 is 17.9 Å². The first kappa shape index (κ1) is 17.5. The molecule has 3 nitrogen and oxygen atoms in total. The fourth-order valence-corrected chi connectivity index (χ4v) is 3.46. The van der Waals surface area contributed by atoms with E-state index in [4.69, 9.17) is 0 Å². The molecule has 1 aliphatic carbocycles. The van der Waals surface area contributed by atoms with Crippen LogP contribution in [0.1, 0.15) is 45.0 Å². The summed E-state index contributed by atoms with van der Waals surface area (Å²) in [5.41, 5.74) is 4.18. The Morgan fingerprint density at radius 2 is 1.36 bits per heavy atom. The molecule has 0 aromatic carbocycles. The molecule has 2 aromatic heterocycles. The summed E-state index contributed by atoms with van der Waals surface area (Å²) in [5.74, 6) is 0.658. The van der Waals surface area contributed by atoms with Crippen molar-refractivity contribution in [1.29, 1.82) is 0 Å². The quantitative estimate of drug-likeness (QED) is 0.720. The molecule has 0 N–H and O–H groups in total. The molecule has 0 unspecified atom stereocenters. The van der Waals surface area contributed by atoms with Gasteiger partial charge in [-0.1, -0.05) is 20.8 Å². The SMILES string of the molecule is Cn1cccc1/C=C1\CC(C(C)(C)C)C/C(=C\c2cccn2C)C1=O. The predicted molar refractivity (Wildman–Crippen MR) is 104 cm³/mol. The van der Waals surface area contributed by atoms with E-state index in [1.165, 1.54) is 0 Å². The van der Waals surface area contributed by atoms with Crippen LogP contribution < -0.4 is 0 Å². The van der Waals surface area contributed by atoms with Crippen LogP contribution in [0.2, 0.25) is 0 Å². The van der Waals surface area contributed by atoms with Crippen LogP contribution in [0.3, 0.4) is 0 Å². The molecule has 25 heavy (non-hydrogen) atoms. The molecule has 1 saturated carbocycles. The molecule has 0 radical (unpaired) electrons. The molecule has 3 heteroatoms. The lowest BCUT2D eigenvalue weighted by Gasteiger charge is -2.35. The van der Waals surface area contributed by atoms with Gasteiger partial charge in [0.15, 0.2) is 5.78 Å². The van der Waals surface area contributed by atoms with Gasteiger partial charge < -0.3 is 9.13 Å². The van der Waals surface area contributed by atoms with Gasteiger partial charge in [-0.25, -0.2) is 0 Å². The first-order valence-corrected chi connectivity index (χ1v) is 8.94. The summed E-state index contributed by atoms with van der Waals surface area (Å²) >= 11 is 0. The molecular weight excluding hydrogens is 308 g/mol. The molecule has 0 atom stereocenters. The molecule has 1 aliphatic rings. The Morgan fingerprint density at radius 3 is 1.68 bits per heavy atom. The summed E-state index contributed by atoms with van der Waals surface area (Å²) in [4.78, 5) is 13.1. The Hall–Kier alpha value is -2.29. The van der Waals surface area contributed by atoms with Gasteiger partial charge in [-0.05, 0) is 60.6 Å². The van der Waals surface area contributed by atoms with Crippen molar-refractivity contribution in [3.05, 3.63) is 59.2 Å². The largest absolute Gasteiger partial charge is 0.351 e.